The first-order valence-electron chi connectivity index (χ1n) is 6.18. The molecule has 2 heteroatoms. The number of fused-ring (bicyclic) bond motifs is 2. The van der Waals surface area contributed by atoms with Crippen molar-refractivity contribution in [3.05, 3.63) is 0 Å². The Morgan fingerprint density at radius 1 is 1.29 bits per heavy atom. The smallest absolute Gasteiger partial charge is 0.0835 e. The van der Waals surface area contributed by atoms with E-state index in [1.54, 1.807) is 0 Å². The zero-order valence-corrected chi connectivity index (χ0v) is 8.87. The van der Waals surface area contributed by atoms with Crippen LogP contribution >= 0.6 is 0 Å². The summed E-state index contributed by atoms with van der Waals surface area (Å²) in [5.74, 6) is 2.76. The Hall–Kier alpha value is -0.0800. The first-order chi connectivity index (χ1) is 6.84. The molecule has 80 valence electrons. The fourth-order valence-corrected chi connectivity index (χ4v) is 4.21. The van der Waals surface area contributed by atoms with Crippen molar-refractivity contribution in [2.45, 2.75) is 44.1 Å². The predicted octanol–water partition coefficient (Wildman–Crippen LogP) is 1.93. The fraction of sp³-hybridized carbons (Fsp3) is 1.00. The van der Waals surface area contributed by atoms with E-state index in [-0.39, 0.29) is 5.60 Å². The Bertz CT molecular complexity index is 222. The normalized spacial score (nSPS) is 51.6. The Balaban J connectivity index is 1.80. The van der Waals surface area contributed by atoms with E-state index in [4.69, 9.17) is 10.5 Å². The zero-order valence-electron chi connectivity index (χ0n) is 8.87. The Morgan fingerprint density at radius 2 is 2.21 bits per heavy atom. The largest absolute Gasteiger partial charge is 0.373 e. The lowest BCUT2D eigenvalue weighted by atomic mass is 9.75. The summed E-state index contributed by atoms with van der Waals surface area (Å²) < 4.78 is 6.00. The highest BCUT2D eigenvalue weighted by molar-refractivity contribution is 5.02. The van der Waals surface area contributed by atoms with E-state index in [1.807, 2.05) is 0 Å². The van der Waals surface area contributed by atoms with Gasteiger partial charge in [0.05, 0.1) is 5.60 Å². The standard InChI is InChI=1S/C12H21NO/c13-8-12(4-1-5-14-12)11-7-9-2-3-10(11)6-9/h9-11H,1-8,13H2. The number of rotatable bonds is 2. The van der Waals surface area contributed by atoms with Crippen molar-refractivity contribution in [2.24, 2.45) is 23.5 Å². The van der Waals surface area contributed by atoms with Crippen molar-refractivity contribution < 1.29 is 4.74 Å². The van der Waals surface area contributed by atoms with E-state index in [0.717, 1.165) is 30.9 Å². The van der Waals surface area contributed by atoms with E-state index in [0.29, 0.717) is 0 Å². The second-order valence-corrected chi connectivity index (χ2v) is 5.50. The Morgan fingerprint density at radius 3 is 2.71 bits per heavy atom. The molecule has 0 aromatic heterocycles. The molecule has 1 heterocycles. The molecule has 2 saturated carbocycles. The van der Waals surface area contributed by atoms with Crippen molar-refractivity contribution >= 4 is 0 Å². The van der Waals surface area contributed by atoms with Gasteiger partial charge in [-0.25, -0.2) is 0 Å². The average molecular weight is 195 g/mol. The molecule has 2 N–H and O–H groups in total. The third-order valence-electron chi connectivity index (χ3n) is 4.89. The molecule has 0 aromatic carbocycles. The lowest BCUT2D eigenvalue weighted by Crippen LogP contribution is -2.46. The predicted molar refractivity (Wildman–Crippen MR) is 55.9 cm³/mol. The van der Waals surface area contributed by atoms with Crippen LogP contribution in [-0.2, 0) is 4.74 Å². The van der Waals surface area contributed by atoms with E-state index in [1.165, 1.54) is 38.5 Å². The molecule has 3 aliphatic rings. The molecule has 1 aliphatic heterocycles. The van der Waals surface area contributed by atoms with Gasteiger partial charge in [0, 0.05) is 13.2 Å². The van der Waals surface area contributed by atoms with Gasteiger partial charge in [-0.1, -0.05) is 6.42 Å². The van der Waals surface area contributed by atoms with E-state index >= 15 is 0 Å². The highest BCUT2D eigenvalue weighted by Crippen LogP contribution is 2.54. The monoisotopic (exact) mass is 195 g/mol. The summed E-state index contributed by atoms with van der Waals surface area (Å²) in [6.07, 6.45) is 8.24. The van der Waals surface area contributed by atoms with Crippen molar-refractivity contribution in [1.82, 2.24) is 0 Å². The quantitative estimate of drug-likeness (QED) is 0.730. The fourth-order valence-electron chi connectivity index (χ4n) is 4.21. The van der Waals surface area contributed by atoms with E-state index < -0.39 is 0 Å². The molecule has 14 heavy (non-hydrogen) atoms. The molecule has 2 nitrogen and oxygen atoms in total. The third kappa shape index (κ3) is 1.17. The van der Waals surface area contributed by atoms with Crippen LogP contribution in [0, 0.1) is 17.8 Å². The van der Waals surface area contributed by atoms with Gasteiger partial charge in [0.2, 0.25) is 0 Å². The second kappa shape index (κ2) is 3.21. The van der Waals surface area contributed by atoms with Crippen molar-refractivity contribution in [3.8, 4) is 0 Å². The summed E-state index contributed by atoms with van der Waals surface area (Å²) in [5.41, 5.74) is 6.05. The van der Waals surface area contributed by atoms with Crippen LogP contribution in [0.5, 0.6) is 0 Å². The molecule has 0 radical (unpaired) electrons. The van der Waals surface area contributed by atoms with Crippen LogP contribution in [0.1, 0.15) is 38.5 Å². The van der Waals surface area contributed by atoms with Crippen LogP contribution in [0.2, 0.25) is 0 Å². The summed E-state index contributed by atoms with van der Waals surface area (Å²) in [6.45, 7) is 1.70. The van der Waals surface area contributed by atoms with Gasteiger partial charge in [0.15, 0.2) is 0 Å². The van der Waals surface area contributed by atoms with Crippen molar-refractivity contribution in [2.75, 3.05) is 13.2 Å². The number of ether oxygens (including phenoxy) is 1. The minimum Gasteiger partial charge on any atom is -0.373 e. The number of hydrogen-bond donors (Lipinski definition) is 1. The van der Waals surface area contributed by atoms with Gasteiger partial charge in [0.25, 0.3) is 0 Å². The highest BCUT2D eigenvalue weighted by atomic mass is 16.5. The van der Waals surface area contributed by atoms with Gasteiger partial charge in [-0.05, 0) is 49.9 Å². The maximum Gasteiger partial charge on any atom is 0.0835 e. The van der Waals surface area contributed by atoms with Gasteiger partial charge in [0.1, 0.15) is 0 Å². The van der Waals surface area contributed by atoms with Crippen molar-refractivity contribution in [1.29, 1.82) is 0 Å². The zero-order chi connectivity index (χ0) is 9.60. The van der Waals surface area contributed by atoms with Gasteiger partial charge in [-0.2, -0.15) is 0 Å². The molecule has 2 bridgehead atoms. The summed E-state index contributed by atoms with van der Waals surface area (Å²) in [6, 6.07) is 0. The molecule has 0 spiro atoms. The lowest BCUT2D eigenvalue weighted by Gasteiger charge is -2.38. The Kier molecular flexibility index (Phi) is 2.10. The lowest BCUT2D eigenvalue weighted by molar-refractivity contribution is -0.0547. The minimum absolute atomic E-state index is 0.0971. The van der Waals surface area contributed by atoms with Crippen LogP contribution < -0.4 is 5.73 Å². The van der Waals surface area contributed by atoms with Gasteiger partial charge in [-0.15, -0.1) is 0 Å². The summed E-state index contributed by atoms with van der Waals surface area (Å²) in [4.78, 5) is 0. The minimum atomic E-state index is 0.0971. The SMILES string of the molecule is NCC1(C2CC3CCC2C3)CCCO1. The topological polar surface area (TPSA) is 35.2 Å². The molecule has 2 aliphatic carbocycles. The maximum atomic E-state index is 6.00. The number of nitrogens with two attached hydrogens (primary N) is 1. The molecule has 1 saturated heterocycles. The van der Waals surface area contributed by atoms with E-state index in [2.05, 4.69) is 0 Å². The Labute approximate surface area is 86.2 Å². The molecular formula is C12H21NO. The molecule has 3 rings (SSSR count). The number of hydrogen-bond acceptors (Lipinski definition) is 2. The maximum absolute atomic E-state index is 6.00. The highest BCUT2D eigenvalue weighted by Gasteiger charge is 2.51. The molecule has 4 atom stereocenters. The summed E-state index contributed by atoms with van der Waals surface area (Å²) in [7, 11) is 0. The first kappa shape index (κ1) is 9.17. The van der Waals surface area contributed by atoms with Crippen LogP contribution in [0.25, 0.3) is 0 Å². The summed E-state index contributed by atoms with van der Waals surface area (Å²) in [5, 5.41) is 0. The molecular weight excluding hydrogens is 174 g/mol. The third-order valence-corrected chi connectivity index (χ3v) is 4.89. The van der Waals surface area contributed by atoms with Gasteiger partial charge in [-0.3, -0.25) is 0 Å². The van der Waals surface area contributed by atoms with Crippen LogP contribution in [0.3, 0.4) is 0 Å². The van der Waals surface area contributed by atoms with Gasteiger partial charge >= 0.3 is 0 Å². The molecule has 4 unspecified atom stereocenters. The first-order valence-corrected chi connectivity index (χ1v) is 6.18. The van der Waals surface area contributed by atoms with Crippen LogP contribution in [-0.4, -0.2) is 18.8 Å². The van der Waals surface area contributed by atoms with E-state index in [9.17, 15) is 0 Å². The average Bonchev–Trinajstić information content (AvgIpc) is 2.94. The van der Waals surface area contributed by atoms with Gasteiger partial charge < -0.3 is 10.5 Å². The summed E-state index contributed by atoms with van der Waals surface area (Å²) >= 11 is 0. The molecule has 3 fully saturated rings. The molecule has 0 amide bonds. The second-order valence-electron chi connectivity index (χ2n) is 5.50. The van der Waals surface area contributed by atoms with Crippen LogP contribution in [0.15, 0.2) is 0 Å². The molecule has 0 aromatic rings. The van der Waals surface area contributed by atoms with Crippen molar-refractivity contribution in [3.63, 3.8) is 0 Å². The van der Waals surface area contributed by atoms with Crippen LogP contribution in [0.4, 0.5) is 0 Å².